The van der Waals surface area contributed by atoms with Crippen LogP contribution in [-0.4, -0.2) is 10.2 Å². The third-order valence-corrected chi connectivity index (χ3v) is 6.32. The molecule has 1 aliphatic rings. The number of nitriles is 2. The number of allylic oxidation sites excluding steroid dienone is 1. The number of phenolic OH excluding ortho intramolecular Hbond substituents is 2. The molecule has 0 atom stereocenters. The Kier molecular flexibility index (Phi) is 4.27. The largest absolute Gasteiger partial charge is 0.507 e. The highest BCUT2D eigenvalue weighted by Crippen LogP contribution is 2.60. The molecule has 3 rings (SSSR count). The summed E-state index contributed by atoms with van der Waals surface area (Å²) in [7, 11) is 0. The van der Waals surface area contributed by atoms with Gasteiger partial charge in [0.25, 0.3) is 0 Å². The van der Waals surface area contributed by atoms with Gasteiger partial charge in [-0.25, -0.2) is 0 Å². The first-order valence-electron chi connectivity index (χ1n) is 6.30. The number of hydrogen-bond acceptors (Lipinski definition) is 6. The molecule has 2 N–H and O–H groups in total. The van der Waals surface area contributed by atoms with Crippen LogP contribution in [0.15, 0.2) is 54.4 Å². The minimum absolute atomic E-state index is 0.0125. The Balaban J connectivity index is 2.15. The van der Waals surface area contributed by atoms with Crippen molar-refractivity contribution >= 4 is 39.5 Å². The Morgan fingerprint density at radius 1 is 1.00 bits per heavy atom. The second kappa shape index (κ2) is 6.21. The summed E-state index contributed by atoms with van der Waals surface area (Å²) < 4.78 is 1.37. The van der Waals surface area contributed by atoms with Crippen LogP contribution in [0.25, 0.3) is 11.1 Å². The number of nitrogens with zero attached hydrogens (tertiary/aromatic N) is 2. The molecule has 2 aromatic rings. The van der Waals surface area contributed by atoms with Gasteiger partial charge >= 0.3 is 0 Å². The van der Waals surface area contributed by atoms with Crippen molar-refractivity contribution in [3.63, 3.8) is 0 Å². The molecule has 0 saturated carbocycles. The van der Waals surface area contributed by atoms with E-state index in [1.165, 1.54) is 6.07 Å². The maximum Gasteiger partial charge on any atom is 0.150 e. The highest BCUT2D eigenvalue weighted by Gasteiger charge is 2.29. The summed E-state index contributed by atoms with van der Waals surface area (Å²) in [6.07, 6.45) is 0. The number of rotatable bonds is 1. The fraction of sp³-hybridized carbons (Fsp3) is 0. The van der Waals surface area contributed by atoms with Crippen LogP contribution < -0.4 is 0 Å². The molecule has 4 nitrogen and oxygen atoms in total. The minimum Gasteiger partial charge on any atom is -0.507 e. The highest BCUT2D eigenvalue weighted by atomic mass is 79.9. The lowest BCUT2D eigenvalue weighted by Gasteiger charge is -2.10. The van der Waals surface area contributed by atoms with Crippen LogP contribution in [0.3, 0.4) is 0 Å². The molecule has 0 saturated heterocycles. The van der Waals surface area contributed by atoms with E-state index in [1.54, 1.807) is 0 Å². The third-order valence-electron chi connectivity index (χ3n) is 3.16. The van der Waals surface area contributed by atoms with E-state index in [9.17, 15) is 10.2 Å². The molecule has 1 aliphatic heterocycles. The summed E-state index contributed by atoms with van der Waals surface area (Å²) in [5, 5.41) is 38.8. The van der Waals surface area contributed by atoms with Crippen molar-refractivity contribution in [3.8, 4) is 34.8 Å². The van der Waals surface area contributed by atoms with Gasteiger partial charge in [-0.15, -0.1) is 0 Å². The molecular weight excluding hydrogens is 396 g/mol. The van der Waals surface area contributed by atoms with Crippen LogP contribution in [0.2, 0.25) is 0 Å². The van der Waals surface area contributed by atoms with Gasteiger partial charge in [0.15, 0.2) is 0 Å². The molecule has 0 amide bonds. The Morgan fingerprint density at radius 2 is 1.61 bits per heavy atom. The van der Waals surface area contributed by atoms with E-state index in [0.29, 0.717) is 19.6 Å². The predicted octanol–water partition coefficient (Wildman–Crippen LogP) is 4.98. The summed E-state index contributed by atoms with van der Waals surface area (Å²) in [6, 6.07) is 12.5. The van der Waals surface area contributed by atoms with E-state index < -0.39 is 0 Å². The summed E-state index contributed by atoms with van der Waals surface area (Å²) in [5.74, 6) is 0.0429. The molecule has 0 unspecified atom stereocenters. The number of halogens is 1. The van der Waals surface area contributed by atoms with E-state index in [-0.39, 0.29) is 17.1 Å². The molecule has 0 fully saturated rings. The van der Waals surface area contributed by atoms with Gasteiger partial charge < -0.3 is 10.2 Å². The van der Waals surface area contributed by atoms with Crippen LogP contribution >= 0.6 is 39.5 Å². The van der Waals surface area contributed by atoms with Crippen molar-refractivity contribution in [1.29, 1.82) is 10.5 Å². The minimum atomic E-state index is -0.0276. The quantitative estimate of drug-likeness (QED) is 0.516. The first-order chi connectivity index (χ1) is 11.0. The lowest BCUT2D eigenvalue weighted by atomic mass is 10.0. The monoisotopic (exact) mass is 402 g/mol. The smallest absolute Gasteiger partial charge is 0.150 e. The number of thioether (sulfide) groups is 2. The second-order valence-corrected chi connectivity index (χ2v) is 7.76. The molecule has 0 spiro atoms. The summed E-state index contributed by atoms with van der Waals surface area (Å²) in [6.45, 7) is 0. The van der Waals surface area contributed by atoms with Crippen LogP contribution in [0.4, 0.5) is 0 Å². The van der Waals surface area contributed by atoms with E-state index in [0.717, 1.165) is 33.6 Å². The van der Waals surface area contributed by atoms with Gasteiger partial charge in [-0.3, -0.25) is 0 Å². The van der Waals surface area contributed by atoms with E-state index in [4.69, 9.17) is 10.5 Å². The maximum atomic E-state index is 10.6. The van der Waals surface area contributed by atoms with Crippen molar-refractivity contribution in [2.24, 2.45) is 0 Å². The van der Waals surface area contributed by atoms with Crippen molar-refractivity contribution in [2.75, 3.05) is 0 Å². The molecule has 0 bridgehead atoms. The standard InChI is InChI=1S/C16H7BrN2O2S2/c17-10-3-1-8(2-4-10)11-5-12(20)14-15(13(11)21)23-16(22-14)9(6-18)7-19/h1-5,20-21H. The van der Waals surface area contributed by atoms with Gasteiger partial charge in [-0.1, -0.05) is 51.6 Å². The normalized spacial score (nSPS) is 12.4. The summed E-state index contributed by atoms with van der Waals surface area (Å²) in [5.41, 5.74) is 1.23. The van der Waals surface area contributed by atoms with Crippen molar-refractivity contribution in [1.82, 2.24) is 0 Å². The zero-order chi connectivity index (χ0) is 16.6. The van der Waals surface area contributed by atoms with Crippen molar-refractivity contribution < 1.29 is 10.2 Å². The van der Waals surface area contributed by atoms with E-state index in [1.807, 2.05) is 36.4 Å². The van der Waals surface area contributed by atoms with Gasteiger partial charge in [-0.2, -0.15) is 10.5 Å². The number of hydrogen-bond donors (Lipinski definition) is 2. The molecular formula is C16H7BrN2O2S2. The van der Waals surface area contributed by atoms with Crippen LogP contribution in [0.1, 0.15) is 0 Å². The Hall–Kier alpha value is -2.06. The molecule has 1 heterocycles. The molecule has 23 heavy (non-hydrogen) atoms. The average Bonchev–Trinajstić information content (AvgIpc) is 2.99. The van der Waals surface area contributed by atoms with Crippen molar-refractivity contribution in [3.05, 3.63) is 44.6 Å². The van der Waals surface area contributed by atoms with E-state index >= 15 is 0 Å². The first kappa shape index (κ1) is 15.8. The lowest BCUT2D eigenvalue weighted by molar-refractivity contribution is 0.438. The van der Waals surface area contributed by atoms with Crippen molar-refractivity contribution in [2.45, 2.75) is 9.79 Å². The Morgan fingerprint density at radius 3 is 2.22 bits per heavy atom. The zero-order valence-corrected chi connectivity index (χ0v) is 14.6. The molecule has 7 heteroatoms. The summed E-state index contributed by atoms with van der Waals surface area (Å²) >= 11 is 5.60. The van der Waals surface area contributed by atoms with Crippen LogP contribution in [-0.2, 0) is 0 Å². The van der Waals surface area contributed by atoms with Gasteiger partial charge in [0.1, 0.15) is 29.2 Å². The first-order valence-corrected chi connectivity index (χ1v) is 8.72. The van der Waals surface area contributed by atoms with Gasteiger partial charge in [0.2, 0.25) is 0 Å². The fourth-order valence-electron chi connectivity index (χ4n) is 2.08. The van der Waals surface area contributed by atoms with Gasteiger partial charge in [0.05, 0.1) is 14.0 Å². The summed E-state index contributed by atoms with van der Waals surface area (Å²) in [4.78, 5) is 0.928. The average molecular weight is 403 g/mol. The molecule has 112 valence electrons. The number of phenols is 2. The van der Waals surface area contributed by atoms with Gasteiger partial charge in [-0.05, 0) is 23.8 Å². The maximum absolute atomic E-state index is 10.6. The van der Waals surface area contributed by atoms with Crippen LogP contribution in [0, 0.1) is 22.7 Å². The number of benzene rings is 2. The second-order valence-electron chi connectivity index (χ2n) is 4.55. The molecule has 0 radical (unpaired) electrons. The zero-order valence-electron chi connectivity index (χ0n) is 11.4. The van der Waals surface area contributed by atoms with Gasteiger partial charge in [0, 0.05) is 10.0 Å². The van der Waals surface area contributed by atoms with E-state index in [2.05, 4.69) is 15.9 Å². The lowest BCUT2D eigenvalue weighted by Crippen LogP contribution is -1.83. The topological polar surface area (TPSA) is 88.0 Å². The molecule has 0 aromatic heterocycles. The Labute approximate surface area is 149 Å². The molecule has 0 aliphatic carbocycles. The van der Waals surface area contributed by atoms with Crippen LogP contribution in [0.5, 0.6) is 11.5 Å². The fourth-order valence-corrected chi connectivity index (χ4v) is 4.78. The Bertz CT molecular complexity index is 909. The highest BCUT2D eigenvalue weighted by molar-refractivity contribution is 9.10. The molecule has 2 aromatic carbocycles. The SMILES string of the molecule is N#CC(C#N)=C1Sc2c(O)cc(-c3ccc(Br)cc3)c(O)c2S1. The number of fused-ring (bicyclic) bond motifs is 1. The predicted molar refractivity (Wildman–Crippen MR) is 92.9 cm³/mol. The third kappa shape index (κ3) is 2.79. The number of aromatic hydroxyl groups is 2.